The molecule has 0 saturated carbocycles. The minimum absolute atomic E-state index is 0.0719. The van der Waals surface area contributed by atoms with E-state index in [9.17, 15) is 4.79 Å². The largest absolute Gasteiger partial charge is 0.351 e. The first kappa shape index (κ1) is 18.2. The monoisotopic (exact) mass is 372 g/mol. The number of amides is 1. The Morgan fingerprint density at radius 1 is 1.14 bits per heavy atom. The topological polar surface area (TPSA) is 70.1 Å². The van der Waals surface area contributed by atoms with Gasteiger partial charge >= 0.3 is 0 Å². The number of aromatic amines is 1. The highest BCUT2D eigenvalue weighted by molar-refractivity contribution is 6.44. The molecule has 2 heterocycles. The van der Waals surface area contributed by atoms with Crippen molar-refractivity contribution in [3.8, 4) is 11.1 Å². The Bertz CT molecular complexity index is 1070. The van der Waals surface area contributed by atoms with Gasteiger partial charge in [0.2, 0.25) is 0 Å². The predicted octanol–water partition coefficient (Wildman–Crippen LogP) is 3.99. The molecule has 1 amide bonds. The Balaban J connectivity index is 1.33. The van der Waals surface area contributed by atoms with Crippen molar-refractivity contribution in [3.63, 3.8) is 0 Å². The SMILES string of the molecule is CC1=CC(C(=O)NCCCc2ccc(-c3ccc4[nH]ncc4c3C)cc2)=NC1. The number of hydrogen-bond donors (Lipinski definition) is 2. The minimum atomic E-state index is -0.0719. The van der Waals surface area contributed by atoms with Crippen LogP contribution < -0.4 is 5.32 Å². The molecular formula is C23H24N4O. The van der Waals surface area contributed by atoms with Gasteiger partial charge < -0.3 is 5.32 Å². The van der Waals surface area contributed by atoms with Gasteiger partial charge in [-0.3, -0.25) is 14.9 Å². The van der Waals surface area contributed by atoms with Crippen LogP contribution in [0, 0.1) is 6.92 Å². The van der Waals surface area contributed by atoms with Gasteiger partial charge in [0.1, 0.15) is 5.71 Å². The lowest BCUT2D eigenvalue weighted by Gasteiger charge is -2.09. The summed E-state index contributed by atoms with van der Waals surface area (Å²) in [5.41, 5.74) is 7.69. The van der Waals surface area contributed by atoms with Crippen molar-refractivity contribution in [2.24, 2.45) is 4.99 Å². The number of aryl methyl sites for hydroxylation is 2. The number of fused-ring (bicyclic) bond motifs is 1. The molecule has 1 aromatic heterocycles. The number of aliphatic imine (C=N–C) groups is 1. The summed E-state index contributed by atoms with van der Waals surface area (Å²) < 4.78 is 0. The van der Waals surface area contributed by atoms with Crippen molar-refractivity contribution in [2.45, 2.75) is 26.7 Å². The number of carbonyl (C=O) groups excluding carboxylic acids is 1. The Morgan fingerprint density at radius 2 is 1.96 bits per heavy atom. The van der Waals surface area contributed by atoms with Crippen LogP contribution in [0.4, 0.5) is 0 Å². The van der Waals surface area contributed by atoms with Gasteiger partial charge in [0, 0.05) is 11.9 Å². The molecule has 142 valence electrons. The Kier molecular flexibility index (Phi) is 5.06. The minimum Gasteiger partial charge on any atom is -0.351 e. The number of nitrogens with zero attached hydrogens (tertiary/aromatic N) is 2. The van der Waals surface area contributed by atoms with Crippen molar-refractivity contribution in [2.75, 3.05) is 13.1 Å². The second-order valence-corrected chi connectivity index (χ2v) is 7.32. The van der Waals surface area contributed by atoms with Crippen LogP contribution in [0.1, 0.15) is 24.5 Å². The summed E-state index contributed by atoms with van der Waals surface area (Å²) in [5.74, 6) is -0.0719. The van der Waals surface area contributed by atoms with Gasteiger partial charge in [0.05, 0.1) is 18.3 Å². The lowest BCUT2D eigenvalue weighted by atomic mass is 9.96. The average Bonchev–Trinajstić information content (AvgIpc) is 3.35. The molecule has 3 aromatic rings. The Morgan fingerprint density at radius 3 is 2.71 bits per heavy atom. The first-order chi connectivity index (χ1) is 13.6. The molecule has 2 aromatic carbocycles. The van der Waals surface area contributed by atoms with Crippen molar-refractivity contribution in [3.05, 3.63) is 65.4 Å². The Hall–Kier alpha value is -3.21. The number of aromatic nitrogens is 2. The van der Waals surface area contributed by atoms with E-state index in [1.165, 1.54) is 22.3 Å². The molecule has 0 atom stereocenters. The first-order valence-electron chi connectivity index (χ1n) is 9.63. The number of nitrogens with one attached hydrogen (secondary N) is 2. The molecule has 0 spiro atoms. The molecule has 1 aliphatic heterocycles. The smallest absolute Gasteiger partial charge is 0.269 e. The van der Waals surface area contributed by atoms with Crippen LogP contribution in [0.3, 0.4) is 0 Å². The van der Waals surface area contributed by atoms with Crippen molar-refractivity contribution >= 4 is 22.5 Å². The fourth-order valence-corrected chi connectivity index (χ4v) is 3.58. The predicted molar refractivity (Wildman–Crippen MR) is 114 cm³/mol. The van der Waals surface area contributed by atoms with Crippen LogP contribution in [0.5, 0.6) is 0 Å². The fraction of sp³-hybridized carbons (Fsp3) is 0.261. The number of rotatable bonds is 6. The first-order valence-corrected chi connectivity index (χ1v) is 9.63. The van der Waals surface area contributed by atoms with Crippen LogP contribution in [0.2, 0.25) is 0 Å². The van der Waals surface area contributed by atoms with Gasteiger partial charge in [-0.05, 0) is 66.7 Å². The highest BCUT2D eigenvalue weighted by Crippen LogP contribution is 2.29. The van der Waals surface area contributed by atoms with Crippen molar-refractivity contribution in [1.82, 2.24) is 15.5 Å². The van der Waals surface area contributed by atoms with Gasteiger partial charge in [0.15, 0.2) is 0 Å². The summed E-state index contributed by atoms with van der Waals surface area (Å²) in [6.45, 7) is 5.42. The van der Waals surface area contributed by atoms with Crippen molar-refractivity contribution < 1.29 is 4.79 Å². The molecule has 0 unspecified atom stereocenters. The van der Waals surface area contributed by atoms with Crippen LogP contribution >= 0.6 is 0 Å². The summed E-state index contributed by atoms with van der Waals surface area (Å²) >= 11 is 0. The maximum Gasteiger partial charge on any atom is 0.269 e. The van der Waals surface area contributed by atoms with Gasteiger partial charge in [0.25, 0.3) is 5.91 Å². The molecule has 0 saturated heterocycles. The number of carbonyl (C=O) groups is 1. The number of benzene rings is 2. The van der Waals surface area contributed by atoms with Crippen molar-refractivity contribution in [1.29, 1.82) is 0 Å². The van der Waals surface area contributed by atoms with Crippen LogP contribution in [-0.2, 0) is 11.2 Å². The van der Waals surface area contributed by atoms with Gasteiger partial charge in [-0.15, -0.1) is 0 Å². The molecule has 0 aliphatic carbocycles. The van der Waals surface area contributed by atoms with E-state index >= 15 is 0 Å². The quantitative estimate of drug-likeness (QED) is 0.642. The lowest BCUT2D eigenvalue weighted by molar-refractivity contribution is -0.114. The second kappa shape index (κ2) is 7.80. The average molecular weight is 372 g/mol. The van der Waals surface area contributed by atoms with E-state index in [4.69, 9.17) is 0 Å². The molecule has 5 heteroatoms. The lowest BCUT2D eigenvalue weighted by Crippen LogP contribution is -2.30. The third-order valence-electron chi connectivity index (χ3n) is 5.20. The van der Waals surface area contributed by atoms with E-state index in [-0.39, 0.29) is 5.91 Å². The van der Waals surface area contributed by atoms with Crippen LogP contribution in [-0.4, -0.2) is 34.9 Å². The van der Waals surface area contributed by atoms with Crippen LogP contribution in [0.15, 0.2) is 59.2 Å². The Labute approximate surface area is 164 Å². The van der Waals surface area contributed by atoms with Gasteiger partial charge in [-0.2, -0.15) is 5.10 Å². The molecule has 28 heavy (non-hydrogen) atoms. The number of hydrogen-bond acceptors (Lipinski definition) is 3. The molecule has 0 bridgehead atoms. The zero-order chi connectivity index (χ0) is 19.5. The highest BCUT2D eigenvalue weighted by atomic mass is 16.1. The van der Waals surface area contributed by atoms with E-state index in [1.54, 1.807) is 0 Å². The molecule has 0 radical (unpaired) electrons. The summed E-state index contributed by atoms with van der Waals surface area (Å²) in [5, 5.41) is 11.3. The molecule has 5 nitrogen and oxygen atoms in total. The summed E-state index contributed by atoms with van der Waals surface area (Å²) in [6.07, 6.45) is 5.57. The fourth-order valence-electron chi connectivity index (χ4n) is 3.58. The van der Waals surface area contributed by atoms with E-state index in [2.05, 4.69) is 63.8 Å². The highest BCUT2D eigenvalue weighted by Gasteiger charge is 2.12. The number of H-pyrrole nitrogens is 1. The van der Waals surface area contributed by atoms with Gasteiger partial charge in [-0.1, -0.05) is 30.3 Å². The second-order valence-electron chi connectivity index (χ2n) is 7.32. The summed E-state index contributed by atoms with van der Waals surface area (Å²) in [4.78, 5) is 16.2. The summed E-state index contributed by atoms with van der Waals surface area (Å²) in [7, 11) is 0. The molecule has 1 aliphatic rings. The summed E-state index contributed by atoms with van der Waals surface area (Å²) in [6, 6.07) is 12.9. The maximum absolute atomic E-state index is 12.0. The third-order valence-corrected chi connectivity index (χ3v) is 5.20. The standard InChI is InChI=1S/C23H24N4O/c1-15-12-22(25-13-15)23(28)24-11-3-4-17-5-7-18(8-6-17)19-9-10-21-20(16(19)2)14-26-27-21/h5-10,12,14H,3-4,11,13H2,1-2H3,(H,24,28)(H,26,27). The molecule has 0 fully saturated rings. The molecule has 4 rings (SSSR count). The van der Waals surface area contributed by atoms with Gasteiger partial charge in [-0.25, -0.2) is 0 Å². The van der Waals surface area contributed by atoms with E-state index in [0.717, 1.165) is 29.3 Å². The van der Waals surface area contributed by atoms with E-state index in [0.29, 0.717) is 18.8 Å². The zero-order valence-electron chi connectivity index (χ0n) is 16.2. The molecule has 2 N–H and O–H groups in total. The van der Waals surface area contributed by atoms with E-state index < -0.39 is 0 Å². The normalized spacial score (nSPS) is 13.5. The third kappa shape index (κ3) is 3.74. The van der Waals surface area contributed by atoms with E-state index in [1.807, 2.05) is 19.2 Å². The maximum atomic E-state index is 12.0. The molecular weight excluding hydrogens is 348 g/mol. The zero-order valence-corrected chi connectivity index (χ0v) is 16.2. The van der Waals surface area contributed by atoms with Crippen LogP contribution in [0.25, 0.3) is 22.0 Å².